The van der Waals surface area contributed by atoms with Crippen LogP contribution in [0, 0.1) is 11.8 Å². The van der Waals surface area contributed by atoms with E-state index >= 15 is 0 Å². The molecular formula is C10H15NO2S. The van der Waals surface area contributed by atoms with E-state index in [0.29, 0.717) is 12.3 Å². The van der Waals surface area contributed by atoms with Crippen molar-refractivity contribution in [2.45, 2.75) is 26.7 Å². The van der Waals surface area contributed by atoms with Gasteiger partial charge in [-0.05, 0) is 18.8 Å². The van der Waals surface area contributed by atoms with Crippen molar-refractivity contribution < 1.29 is 9.90 Å². The highest BCUT2D eigenvalue weighted by atomic mass is 32.1. The maximum Gasteiger partial charge on any atom is 0.306 e. The molecule has 0 fully saturated rings. The number of aliphatic carboxylic acids is 1. The fourth-order valence-electron chi connectivity index (χ4n) is 1.43. The number of aromatic nitrogens is 1. The van der Waals surface area contributed by atoms with Crippen molar-refractivity contribution in [3.63, 3.8) is 0 Å². The van der Waals surface area contributed by atoms with Crippen LogP contribution in [0.25, 0.3) is 0 Å². The number of hydrogen-bond acceptors (Lipinski definition) is 3. The third kappa shape index (κ3) is 3.46. The summed E-state index contributed by atoms with van der Waals surface area (Å²) in [6.45, 7) is 4.09. The lowest BCUT2D eigenvalue weighted by molar-refractivity contribution is -0.142. The first-order chi connectivity index (χ1) is 6.59. The van der Waals surface area contributed by atoms with E-state index in [4.69, 9.17) is 5.11 Å². The average Bonchev–Trinajstić information content (AvgIpc) is 2.54. The van der Waals surface area contributed by atoms with Crippen molar-refractivity contribution in [3.8, 4) is 0 Å². The van der Waals surface area contributed by atoms with Gasteiger partial charge in [0.05, 0.1) is 11.4 Å². The van der Waals surface area contributed by atoms with E-state index in [2.05, 4.69) is 4.98 Å². The van der Waals surface area contributed by atoms with Gasteiger partial charge in [0.2, 0.25) is 0 Å². The predicted octanol–water partition coefficient (Wildman–Crippen LogP) is 2.43. The molecule has 1 N–H and O–H groups in total. The molecule has 0 aliphatic rings. The van der Waals surface area contributed by atoms with Gasteiger partial charge in [-0.25, -0.2) is 0 Å². The Kier molecular flexibility index (Phi) is 4.07. The third-order valence-electron chi connectivity index (χ3n) is 2.04. The summed E-state index contributed by atoms with van der Waals surface area (Å²) in [7, 11) is 0. The number of hydrogen-bond donors (Lipinski definition) is 1. The molecule has 4 heteroatoms. The van der Waals surface area contributed by atoms with Crippen LogP contribution in [-0.2, 0) is 11.2 Å². The zero-order valence-electron chi connectivity index (χ0n) is 8.43. The van der Waals surface area contributed by atoms with Crippen molar-refractivity contribution in [1.82, 2.24) is 4.98 Å². The van der Waals surface area contributed by atoms with Crippen LogP contribution in [0.5, 0.6) is 0 Å². The largest absolute Gasteiger partial charge is 0.481 e. The molecule has 0 saturated carbocycles. The minimum Gasteiger partial charge on any atom is -0.481 e. The van der Waals surface area contributed by atoms with E-state index in [1.807, 2.05) is 13.8 Å². The molecule has 14 heavy (non-hydrogen) atoms. The zero-order valence-corrected chi connectivity index (χ0v) is 9.25. The Morgan fingerprint density at radius 3 is 2.79 bits per heavy atom. The summed E-state index contributed by atoms with van der Waals surface area (Å²) in [4.78, 5) is 15.9. The Labute approximate surface area is 87.8 Å². The van der Waals surface area contributed by atoms with Gasteiger partial charge in [-0.3, -0.25) is 9.78 Å². The minimum absolute atomic E-state index is 0.268. The minimum atomic E-state index is -0.702. The molecule has 0 aliphatic heterocycles. The highest BCUT2D eigenvalue weighted by Crippen LogP contribution is 2.19. The Morgan fingerprint density at radius 2 is 2.36 bits per heavy atom. The summed E-state index contributed by atoms with van der Waals surface area (Å²) in [6.07, 6.45) is 3.09. The molecule has 1 rings (SSSR count). The topological polar surface area (TPSA) is 50.2 Å². The molecule has 78 valence electrons. The summed E-state index contributed by atoms with van der Waals surface area (Å²) >= 11 is 1.52. The van der Waals surface area contributed by atoms with Crippen LogP contribution in [0.4, 0.5) is 0 Å². The number of carboxylic acid groups (broad SMARTS) is 1. The second-order valence-electron chi connectivity index (χ2n) is 3.84. The van der Waals surface area contributed by atoms with Gasteiger partial charge in [0, 0.05) is 11.1 Å². The molecule has 0 radical (unpaired) electrons. The van der Waals surface area contributed by atoms with E-state index in [1.54, 1.807) is 11.7 Å². The van der Waals surface area contributed by atoms with Crippen molar-refractivity contribution in [2.24, 2.45) is 11.8 Å². The van der Waals surface area contributed by atoms with Gasteiger partial charge < -0.3 is 5.11 Å². The van der Waals surface area contributed by atoms with Crippen molar-refractivity contribution in [1.29, 1.82) is 0 Å². The SMILES string of the molecule is CC(C)CC(Cc1cncs1)C(=O)O. The first-order valence-electron chi connectivity index (χ1n) is 4.69. The first-order valence-corrected chi connectivity index (χ1v) is 5.57. The maximum atomic E-state index is 10.9. The van der Waals surface area contributed by atoms with E-state index in [9.17, 15) is 4.79 Å². The van der Waals surface area contributed by atoms with Crippen LogP contribution in [-0.4, -0.2) is 16.1 Å². The lowest BCUT2D eigenvalue weighted by Gasteiger charge is -2.12. The van der Waals surface area contributed by atoms with Gasteiger partial charge in [-0.1, -0.05) is 13.8 Å². The fraction of sp³-hybridized carbons (Fsp3) is 0.600. The number of carboxylic acids is 1. The number of rotatable bonds is 5. The normalized spacial score (nSPS) is 13.1. The standard InChI is InChI=1S/C10H15NO2S/c1-7(2)3-8(10(12)13)4-9-5-11-6-14-9/h5-8H,3-4H2,1-2H3,(H,12,13). The van der Waals surface area contributed by atoms with Gasteiger partial charge in [-0.2, -0.15) is 0 Å². The Morgan fingerprint density at radius 1 is 1.64 bits per heavy atom. The second kappa shape index (κ2) is 5.10. The number of carbonyl (C=O) groups is 1. The van der Waals surface area contributed by atoms with Crippen molar-refractivity contribution >= 4 is 17.3 Å². The van der Waals surface area contributed by atoms with Gasteiger partial charge in [-0.15, -0.1) is 11.3 Å². The van der Waals surface area contributed by atoms with E-state index in [1.165, 1.54) is 11.3 Å². The Hall–Kier alpha value is -0.900. The summed E-state index contributed by atoms with van der Waals surface area (Å²) in [5, 5.41) is 9.01. The van der Waals surface area contributed by atoms with E-state index in [-0.39, 0.29) is 5.92 Å². The Bertz CT molecular complexity index is 282. The third-order valence-corrected chi connectivity index (χ3v) is 2.84. The van der Waals surface area contributed by atoms with Crippen molar-refractivity contribution in [3.05, 3.63) is 16.6 Å². The molecule has 1 aromatic heterocycles. The smallest absolute Gasteiger partial charge is 0.306 e. The molecule has 0 spiro atoms. The van der Waals surface area contributed by atoms with Crippen LogP contribution in [0.3, 0.4) is 0 Å². The van der Waals surface area contributed by atoms with Gasteiger partial charge in [0.1, 0.15) is 0 Å². The molecule has 1 heterocycles. The molecule has 0 saturated heterocycles. The van der Waals surface area contributed by atoms with Crippen LogP contribution in [0.2, 0.25) is 0 Å². The van der Waals surface area contributed by atoms with Gasteiger partial charge >= 0.3 is 5.97 Å². The van der Waals surface area contributed by atoms with Crippen molar-refractivity contribution in [2.75, 3.05) is 0 Å². The monoisotopic (exact) mass is 213 g/mol. The predicted molar refractivity (Wildman–Crippen MR) is 56.4 cm³/mol. The lowest BCUT2D eigenvalue weighted by Crippen LogP contribution is -2.18. The molecule has 1 atom stereocenters. The average molecular weight is 213 g/mol. The Balaban J connectivity index is 2.56. The molecule has 1 aromatic rings. The lowest BCUT2D eigenvalue weighted by atomic mass is 9.94. The molecule has 1 unspecified atom stereocenters. The molecule has 0 bridgehead atoms. The summed E-state index contributed by atoms with van der Waals surface area (Å²) in [6, 6.07) is 0. The molecule has 0 aliphatic carbocycles. The highest BCUT2D eigenvalue weighted by molar-refractivity contribution is 7.09. The molecular weight excluding hydrogens is 198 g/mol. The second-order valence-corrected chi connectivity index (χ2v) is 4.81. The van der Waals surface area contributed by atoms with Gasteiger partial charge in [0.25, 0.3) is 0 Å². The van der Waals surface area contributed by atoms with Gasteiger partial charge in [0.15, 0.2) is 0 Å². The van der Waals surface area contributed by atoms with E-state index < -0.39 is 5.97 Å². The number of thiazole rings is 1. The first kappa shape index (κ1) is 11.2. The molecule has 0 aromatic carbocycles. The zero-order chi connectivity index (χ0) is 10.6. The van der Waals surface area contributed by atoms with Crippen LogP contribution in [0.15, 0.2) is 11.7 Å². The maximum absolute atomic E-state index is 10.9. The molecule has 0 amide bonds. The summed E-state index contributed by atoms with van der Waals surface area (Å²) < 4.78 is 0. The highest BCUT2D eigenvalue weighted by Gasteiger charge is 2.19. The molecule has 3 nitrogen and oxygen atoms in total. The van der Waals surface area contributed by atoms with E-state index in [0.717, 1.165) is 11.3 Å². The van der Waals surface area contributed by atoms with Crippen LogP contribution in [0.1, 0.15) is 25.1 Å². The summed E-state index contributed by atoms with van der Waals surface area (Å²) in [5.41, 5.74) is 1.74. The number of nitrogens with zero attached hydrogens (tertiary/aromatic N) is 1. The summed E-state index contributed by atoms with van der Waals surface area (Å²) in [5.74, 6) is -0.549. The van der Waals surface area contributed by atoms with Crippen LogP contribution >= 0.6 is 11.3 Å². The fourth-order valence-corrected chi connectivity index (χ4v) is 2.10. The van der Waals surface area contributed by atoms with Crippen LogP contribution < -0.4 is 0 Å². The quantitative estimate of drug-likeness (QED) is 0.817.